The van der Waals surface area contributed by atoms with E-state index < -0.39 is 6.04 Å². The number of carbonyl (C=O) groups is 2. The predicted octanol–water partition coefficient (Wildman–Crippen LogP) is 6.39. The SMILES string of the molecule is CC(C)NC(=O)[C@H](Cc1ccccc1)N(Cc1ccc(Cl)cc1)C(=O)CSCc1ccc(Cl)cc1. The van der Waals surface area contributed by atoms with E-state index in [1.807, 2.05) is 80.6 Å². The van der Waals surface area contributed by atoms with E-state index in [-0.39, 0.29) is 23.6 Å². The first kappa shape index (κ1) is 27.1. The van der Waals surface area contributed by atoms with Crippen LogP contribution in [0.2, 0.25) is 10.0 Å². The highest BCUT2D eigenvalue weighted by Gasteiger charge is 2.30. The number of hydrogen-bond donors (Lipinski definition) is 1. The van der Waals surface area contributed by atoms with Crippen LogP contribution in [0.3, 0.4) is 0 Å². The molecule has 3 rings (SSSR count). The van der Waals surface area contributed by atoms with Crippen LogP contribution in [-0.2, 0) is 28.3 Å². The Labute approximate surface area is 222 Å². The Morgan fingerprint density at radius 1 is 0.829 bits per heavy atom. The van der Waals surface area contributed by atoms with Crippen LogP contribution in [0.5, 0.6) is 0 Å². The molecule has 35 heavy (non-hydrogen) atoms. The zero-order valence-electron chi connectivity index (χ0n) is 19.9. The van der Waals surface area contributed by atoms with Crippen LogP contribution in [0.4, 0.5) is 0 Å². The van der Waals surface area contributed by atoms with Gasteiger partial charge in [-0.15, -0.1) is 11.8 Å². The van der Waals surface area contributed by atoms with Gasteiger partial charge in [0.15, 0.2) is 0 Å². The highest BCUT2D eigenvalue weighted by molar-refractivity contribution is 7.99. The first-order valence-electron chi connectivity index (χ1n) is 11.5. The Balaban J connectivity index is 1.83. The van der Waals surface area contributed by atoms with E-state index in [0.717, 1.165) is 16.7 Å². The van der Waals surface area contributed by atoms with Crippen molar-refractivity contribution in [3.63, 3.8) is 0 Å². The molecule has 0 aliphatic rings. The van der Waals surface area contributed by atoms with Gasteiger partial charge in [0, 0.05) is 34.8 Å². The molecule has 2 amide bonds. The van der Waals surface area contributed by atoms with Gasteiger partial charge in [0.25, 0.3) is 0 Å². The predicted molar refractivity (Wildman–Crippen MR) is 147 cm³/mol. The van der Waals surface area contributed by atoms with Crippen molar-refractivity contribution in [1.29, 1.82) is 0 Å². The summed E-state index contributed by atoms with van der Waals surface area (Å²) in [6, 6.07) is 24.1. The summed E-state index contributed by atoms with van der Waals surface area (Å²) in [6.07, 6.45) is 0.431. The Kier molecular flexibility index (Phi) is 10.5. The quantitative estimate of drug-likeness (QED) is 0.313. The highest BCUT2D eigenvalue weighted by Crippen LogP contribution is 2.20. The van der Waals surface area contributed by atoms with Crippen LogP contribution in [0.15, 0.2) is 78.9 Å². The number of rotatable bonds is 11. The van der Waals surface area contributed by atoms with Crippen molar-refractivity contribution in [2.24, 2.45) is 0 Å². The summed E-state index contributed by atoms with van der Waals surface area (Å²) >= 11 is 13.6. The summed E-state index contributed by atoms with van der Waals surface area (Å²) in [5.41, 5.74) is 3.01. The smallest absolute Gasteiger partial charge is 0.243 e. The molecule has 1 atom stereocenters. The van der Waals surface area contributed by atoms with Crippen molar-refractivity contribution >= 4 is 46.8 Å². The first-order valence-corrected chi connectivity index (χ1v) is 13.4. The minimum Gasteiger partial charge on any atom is -0.352 e. The van der Waals surface area contributed by atoms with Crippen molar-refractivity contribution in [2.75, 3.05) is 5.75 Å². The summed E-state index contributed by atoms with van der Waals surface area (Å²) in [5, 5.41) is 4.32. The van der Waals surface area contributed by atoms with Gasteiger partial charge in [0.2, 0.25) is 11.8 Å². The third-order valence-corrected chi connectivity index (χ3v) is 6.87. The number of carbonyl (C=O) groups excluding carboxylic acids is 2. The topological polar surface area (TPSA) is 49.4 Å². The lowest BCUT2D eigenvalue weighted by molar-refractivity contribution is -0.139. The molecular weight excluding hydrogens is 499 g/mol. The van der Waals surface area contributed by atoms with Crippen LogP contribution < -0.4 is 5.32 Å². The van der Waals surface area contributed by atoms with E-state index in [1.54, 1.807) is 17.0 Å². The average molecular weight is 530 g/mol. The maximum absolute atomic E-state index is 13.6. The minimum absolute atomic E-state index is 0.0347. The molecule has 0 unspecified atom stereocenters. The number of nitrogens with one attached hydrogen (secondary N) is 1. The van der Waals surface area contributed by atoms with Gasteiger partial charge in [-0.3, -0.25) is 9.59 Å². The van der Waals surface area contributed by atoms with Crippen LogP contribution in [-0.4, -0.2) is 34.6 Å². The second kappa shape index (κ2) is 13.6. The molecule has 4 nitrogen and oxygen atoms in total. The second-order valence-corrected chi connectivity index (χ2v) is 10.5. The summed E-state index contributed by atoms with van der Waals surface area (Å²) < 4.78 is 0. The first-order chi connectivity index (χ1) is 16.8. The molecule has 0 aliphatic heterocycles. The molecule has 3 aromatic rings. The molecule has 0 aromatic heterocycles. The fourth-order valence-corrected chi connectivity index (χ4v) is 4.76. The molecule has 184 valence electrons. The number of benzene rings is 3. The molecule has 0 saturated heterocycles. The second-order valence-electron chi connectivity index (χ2n) is 8.64. The van der Waals surface area contributed by atoms with Gasteiger partial charge >= 0.3 is 0 Å². The summed E-state index contributed by atoms with van der Waals surface area (Å²) in [6.45, 7) is 4.16. The van der Waals surface area contributed by atoms with Crippen molar-refractivity contribution in [3.05, 3.63) is 106 Å². The van der Waals surface area contributed by atoms with Gasteiger partial charge in [0.1, 0.15) is 6.04 Å². The van der Waals surface area contributed by atoms with Gasteiger partial charge in [-0.1, -0.05) is 77.8 Å². The molecule has 0 fully saturated rings. The van der Waals surface area contributed by atoms with Crippen molar-refractivity contribution < 1.29 is 9.59 Å². The van der Waals surface area contributed by atoms with E-state index in [2.05, 4.69) is 5.32 Å². The van der Waals surface area contributed by atoms with E-state index >= 15 is 0 Å². The van der Waals surface area contributed by atoms with Crippen molar-refractivity contribution in [3.8, 4) is 0 Å². The lowest BCUT2D eigenvalue weighted by Crippen LogP contribution is -2.52. The Morgan fingerprint density at radius 3 is 1.97 bits per heavy atom. The van der Waals surface area contributed by atoms with Crippen LogP contribution in [0.1, 0.15) is 30.5 Å². The van der Waals surface area contributed by atoms with E-state index in [9.17, 15) is 9.59 Å². The van der Waals surface area contributed by atoms with Gasteiger partial charge < -0.3 is 10.2 Å². The lowest BCUT2D eigenvalue weighted by Gasteiger charge is -2.32. The standard InChI is InChI=1S/C28H30Cl2N2O2S/c1-20(2)31-28(34)26(16-21-6-4-3-5-7-21)32(17-22-8-12-24(29)13-9-22)27(33)19-35-18-23-10-14-25(30)15-11-23/h3-15,20,26H,16-19H2,1-2H3,(H,31,34)/t26-/m0/s1. The van der Waals surface area contributed by atoms with Crippen LogP contribution in [0, 0.1) is 0 Å². The van der Waals surface area contributed by atoms with Crippen LogP contribution >= 0.6 is 35.0 Å². The zero-order chi connectivity index (χ0) is 25.2. The molecule has 3 aromatic carbocycles. The number of nitrogens with zero attached hydrogens (tertiary/aromatic N) is 1. The minimum atomic E-state index is -0.640. The Hall–Kier alpha value is -2.47. The Bertz CT molecular complexity index is 1090. The molecule has 0 radical (unpaired) electrons. The molecule has 0 saturated carbocycles. The number of halogens is 2. The van der Waals surface area contributed by atoms with Crippen molar-refractivity contribution in [2.45, 2.75) is 44.6 Å². The van der Waals surface area contributed by atoms with Gasteiger partial charge in [0.05, 0.1) is 5.75 Å². The van der Waals surface area contributed by atoms with E-state index in [1.165, 1.54) is 11.8 Å². The molecule has 7 heteroatoms. The third kappa shape index (κ3) is 8.92. The number of thioether (sulfide) groups is 1. The maximum Gasteiger partial charge on any atom is 0.243 e. The van der Waals surface area contributed by atoms with Crippen molar-refractivity contribution in [1.82, 2.24) is 10.2 Å². The molecule has 0 aliphatic carbocycles. The highest BCUT2D eigenvalue weighted by atomic mass is 35.5. The fourth-order valence-electron chi connectivity index (χ4n) is 3.64. The zero-order valence-corrected chi connectivity index (χ0v) is 22.2. The molecular formula is C28H30Cl2N2O2S. The van der Waals surface area contributed by atoms with Gasteiger partial charge in [-0.05, 0) is 54.8 Å². The van der Waals surface area contributed by atoms with Gasteiger partial charge in [-0.2, -0.15) is 0 Å². The summed E-state index contributed by atoms with van der Waals surface area (Å²) in [4.78, 5) is 28.6. The average Bonchev–Trinajstić information content (AvgIpc) is 2.84. The largest absolute Gasteiger partial charge is 0.352 e. The normalized spacial score (nSPS) is 11.8. The van der Waals surface area contributed by atoms with Crippen LogP contribution in [0.25, 0.3) is 0 Å². The molecule has 1 N–H and O–H groups in total. The van der Waals surface area contributed by atoms with E-state index in [4.69, 9.17) is 23.2 Å². The molecule has 0 bridgehead atoms. The Morgan fingerprint density at radius 2 is 1.40 bits per heavy atom. The third-order valence-electron chi connectivity index (χ3n) is 5.38. The molecule has 0 spiro atoms. The maximum atomic E-state index is 13.6. The van der Waals surface area contributed by atoms with Gasteiger partial charge in [-0.25, -0.2) is 0 Å². The molecule has 0 heterocycles. The summed E-state index contributed by atoms with van der Waals surface area (Å²) in [5.74, 6) is 0.697. The summed E-state index contributed by atoms with van der Waals surface area (Å²) in [7, 11) is 0. The fraction of sp³-hybridized carbons (Fsp3) is 0.286. The number of amides is 2. The monoisotopic (exact) mass is 528 g/mol. The lowest BCUT2D eigenvalue weighted by atomic mass is 10.0. The van der Waals surface area contributed by atoms with E-state index in [0.29, 0.717) is 28.8 Å². The number of hydrogen-bond acceptors (Lipinski definition) is 3.